The van der Waals surface area contributed by atoms with Crippen molar-refractivity contribution in [2.75, 3.05) is 19.7 Å². The van der Waals surface area contributed by atoms with Gasteiger partial charge in [-0.15, -0.1) is 0 Å². The first-order valence-corrected chi connectivity index (χ1v) is 6.16. The number of nitrogens with one attached hydrogen (secondary N) is 1. The largest absolute Gasteiger partial charge is 0.493 e. The van der Waals surface area contributed by atoms with Crippen LogP contribution in [0.2, 0.25) is 0 Å². The third kappa shape index (κ3) is 2.99. The molecule has 2 nitrogen and oxygen atoms in total. The molecule has 1 N–H and O–H groups in total. The van der Waals surface area contributed by atoms with Gasteiger partial charge in [-0.3, -0.25) is 0 Å². The van der Waals surface area contributed by atoms with Crippen molar-refractivity contribution in [2.24, 2.45) is 5.92 Å². The van der Waals surface area contributed by atoms with E-state index in [-0.39, 0.29) is 0 Å². The fourth-order valence-corrected chi connectivity index (χ4v) is 2.08. The van der Waals surface area contributed by atoms with E-state index < -0.39 is 0 Å². The minimum Gasteiger partial charge on any atom is -0.493 e. The minimum absolute atomic E-state index is 0.676. The molecule has 88 valence electrons. The molecule has 1 saturated heterocycles. The van der Waals surface area contributed by atoms with Crippen molar-refractivity contribution in [1.29, 1.82) is 0 Å². The summed E-state index contributed by atoms with van der Waals surface area (Å²) in [5, 5.41) is 3.41. The Morgan fingerprint density at radius 2 is 2.19 bits per heavy atom. The third-order valence-corrected chi connectivity index (χ3v) is 3.36. The van der Waals surface area contributed by atoms with E-state index in [0.29, 0.717) is 5.92 Å². The van der Waals surface area contributed by atoms with Crippen molar-refractivity contribution < 1.29 is 4.74 Å². The van der Waals surface area contributed by atoms with Crippen LogP contribution in [0.1, 0.15) is 24.0 Å². The second-order valence-corrected chi connectivity index (χ2v) is 4.77. The molecule has 0 unspecified atom stereocenters. The van der Waals surface area contributed by atoms with Crippen LogP contribution in [0, 0.1) is 19.8 Å². The van der Waals surface area contributed by atoms with E-state index in [0.717, 1.165) is 18.9 Å². The van der Waals surface area contributed by atoms with E-state index in [4.69, 9.17) is 4.74 Å². The van der Waals surface area contributed by atoms with E-state index >= 15 is 0 Å². The van der Waals surface area contributed by atoms with Crippen LogP contribution in [-0.2, 0) is 0 Å². The maximum atomic E-state index is 5.84. The zero-order chi connectivity index (χ0) is 11.4. The quantitative estimate of drug-likeness (QED) is 0.844. The fraction of sp³-hybridized carbons (Fsp3) is 0.571. The fourth-order valence-electron chi connectivity index (χ4n) is 2.08. The van der Waals surface area contributed by atoms with Gasteiger partial charge in [-0.05, 0) is 56.5 Å². The zero-order valence-corrected chi connectivity index (χ0v) is 10.3. The van der Waals surface area contributed by atoms with E-state index in [1.54, 1.807) is 0 Å². The van der Waals surface area contributed by atoms with Crippen LogP contribution >= 0.6 is 0 Å². The molecule has 1 aromatic rings. The van der Waals surface area contributed by atoms with Crippen LogP contribution in [0.5, 0.6) is 5.75 Å². The predicted molar refractivity (Wildman–Crippen MR) is 67.0 cm³/mol. The second-order valence-electron chi connectivity index (χ2n) is 4.77. The highest BCUT2D eigenvalue weighted by atomic mass is 16.5. The number of hydrogen-bond acceptors (Lipinski definition) is 2. The van der Waals surface area contributed by atoms with Gasteiger partial charge in [-0.1, -0.05) is 6.07 Å². The van der Waals surface area contributed by atoms with Crippen molar-refractivity contribution in [3.63, 3.8) is 0 Å². The molecule has 0 radical (unpaired) electrons. The lowest BCUT2D eigenvalue weighted by Gasteiger charge is -2.22. The Balaban J connectivity index is 1.86. The maximum Gasteiger partial charge on any atom is 0.119 e. The van der Waals surface area contributed by atoms with Crippen LogP contribution in [0.25, 0.3) is 0 Å². The van der Waals surface area contributed by atoms with Crippen molar-refractivity contribution >= 4 is 0 Å². The lowest BCUT2D eigenvalue weighted by atomic mass is 10.0. The minimum atomic E-state index is 0.676. The summed E-state index contributed by atoms with van der Waals surface area (Å²) in [4.78, 5) is 0. The molecule has 16 heavy (non-hydrogen) atoms. The Hall–Kier alpha value is -1.02. The van der Waals surface area contributed by atoms with Crippen LogP contribution in [0.4, 0.5) is 0 Å². The molecule has 0 spiro atoms. The number of rotatable bonds is 3. The third-order valence-electron chi connectivity index (χ3n) is 3.36. The highest BCUT2D eigenvalue weighted by molar-refractivity contribution is 5.33. The summed E-state index contributed by atoms with van der Waals surface area (Å²) in [6.45, 7) is 7.37. The van der Waals surface area contributed by atoms with Crippen LogP contribution in [0.3, 0.4) is 0 Å². The smallest absolute Gasteiger partial charge is 0.119 e. The molecule has 0 aliphatic carbocycles. The molecular weight excluding hydrogens is 198 g/mol. The van der Waals surface area contributed by atoms with Gasteiger partial charge >= 0.3 is 0 Å². The summed E-state index contributed by atoms with van der Waals surface area (Å²) < 4.78 is 5.84. The SMILES string of the molecule is Cc1ccc(OC[C@H]2CCCNC2)cc1C. The van der Waals surface area contributed by atoms with Gasteiger partial charge in [0.05, 0.1) is 6.61 Å². The number of aryl methyl sites for hydroxylation is 2. The summed E-state index contributed by atoms with van der Waals surface area (Å²) >= 11 is 0. The second kappa shape index (κ2) is 5.35. The molecule has 0 saturated carbocycles. The van der Waals surface area contributed by atoms with Crippen molar-refractivity contribution in [1.82, 2.24) is 5.32 Å². The molecule has 1 aromatic carbocycles. The Kier molecular flexibility index (Phi) is 3.83. The Morgan fingerprint density at radius 3 is 2.88 bits per heavy atom. The Labute approximate surface area is 98.0 Å². The van der Waals surface area contributed by atoms with Gasteiger partial charge in [0.2, 0.25) is 0 Å². The molecular formula is C14H21NO. The monoisotopic (exact) mass is 219 g/mol. The molecule has 1 aliphatic heterocycles. The van der Waals surface area contributed by atoms with Crippen LogP contribution < -0.4 is 10.1 Å². The van der Waals surface area contributed by atoms with Crippen molar-refractivity contribution in [3.8, 4) is 5.75 Å². The molecule has 2 rings (SSSR count). The first-order valence-electron chi connectivity index (χ1n) is 6.16. The highest BCUT2D eigenvalue weighted by Crippen LogP contribution is 2.18. The van der Waals surface area contributed by atoms with Crippen LogP contribution in [-0.4, -0.2) is 19.7 Å². The molecule has 1 atom stereocenters. The summed E-state index contributed by atoms with van der Waals surface area (Å²) in [6, 6.07) is 6.33. The lowest BCUT2D eigenvalue weighted by Crippen LogP contribution is -2.33. The molecule has 0 aromatic heterocycles. The average Bonchev–Trinajstić information content (AvgIpc) is 2.32. The molecule has 1 aliphatic rings. The van der Waals surface area contributed by atoms with Crippen molar-refractivity contribution in [3.05, 3.63) is 29.3 Å². The lowest BCUT2D eigenvalue weighted by molar-refractivity contribution is 0.218. The Morgan fingerprint density at radius 1 is 1.31 bits per heavy atom. The number of benzene rings is 1. The Bertz CT molecular complexity index is 343. The number of piperidine rings is 1. The molecule has 0 bridgehead atoms. The average molecular weight is 219 g/mol. The topological polar surface area (TPSA) is 21.3 Å². The highest BCUT2D eigenvalue weighted by Gasteiger charge is 2.13. The van der Waals surface area contributed by atoms with E-state index in [9.17, 15) is 0 Å². The van der Waals surface area contributed by atoms with Gasteiger partial charge in [0.15, 0.2) is 0 Å². The van der Waals surface area contributed by atoms with Crippen LogP contribution in [0.15, 0.2) is 18.2 Å². The zero-order valence-electron chi connectivity index (χ0n) is 10.3. The summed E-state index contributed by atoms with van der Waals surface area (Å²) in [7, 11) is 0. The van der Waals surface area contributed by atoms with E-state index in [1.807, 2.05) is 0 Å². The van der Waals surface area contributed by atoms with Gasteiger partial charge < -0.3 is 10.1 Å². The summed E-state index contributed by atoms with van der Waals surface area (Å²) in [6.07, 6.45) is 2.57. The first-order chi connectivity index (χ1) is 7.75. The molecule has 2 heteroatoms. The van der Waals surface area contributed by atoms with E-state index in [2.05, 4.69) is 37.4 Å². The number of hydrogen-bond donors (Lipinski definition) is 1. The maximum absolute atomic E-state index is 5.84. The van der Waals surface area contributed by atoms with Gasteiger partial charge in [0.1, 0.15) is 5.75 Å². The predicted octanol–water partition coefficient (Wildman–Crippen LogP) is 2.68. The normalized spacial score (nSPS) is 20.8. The van der Waals surface area contributed by atoms with Gasteiger partial charge in [-0.2, -0.15) is 0 Å². The molecule has 1 fully saturated rings. The molecule has 1 heterocycles. The summed E-state index contributed by atoms with van der Waals surface area (Å²) in [5.41, 5.74) is 2.63. The van der Waals surface area contributed by atoms with Gasteiger partial charge in [0, 0.05) is 12.5 Å². The van der Waals surface area contributed by atoms with E-state index in [1.165, 1.54) is 30.5 Å². The molecule has 0 amide bonds. The van der Waals surface area contributed by atoms with Gasteiger partial charge in [0.25, 0.3) is 0 Å². The van der Waals surface area contributed by atoms with Crippen molar-refractivity contribution in [2.45, 2.75) is 26.7 Å². The number of ether oxygens (including phenoxy) is 1. The van der Waals surface area contributed by atoms with Gasteiger partial charge in [-0.25, -0.2) is 0 Å². The summed E-state index contributed by atoms with van der Waals surface area (Å²) in [5.74, 6) is 1.68. The standard InChI is InChI=1S/C14H21NO/c1-11-5-6-14(8-12(11)2)16-10-13-4-3-7-15-9-13/h5-6,8,13,15H,3-4,7,9-10H2,1-2H3/t13-/m0/s1. The first kappa shape index (κ1) is 11.5.